The fourth-order valence-corrected chi connectivity index (χ4v) is 4.34. The Morgan fingerprint density at radius 1 is 1.06 bits per heavy atom. The molecular weight excluding hydrogens is 454 g/mol. The third-order valence-electron chi connectivity index (χ3n) is 5.97. The van der Waals surface area contributed by atoms with Crippen molar-refractivity contribution >= 4 is 39.9 Å². The molecule has 3 aromatic carbocycles. The number of hydrogen-bond donors (Lipinski definition) is 1. The second-order valence-corrected chi connectivity index (χ2v) is 8.43. The van der Waals surface area contributed by atoms with E-state index in [-0.39, 0.29) is 11.3 Å². The number of benzene rings is 3. The molecule has 1 amide bonds. The van der Waals surface area contributed by atoms with Gasteiger partial charge >= 0.3 is 0 Å². The van der Waals surface area contributed by atoms with E-state index in [4.69, 9.17) is 20.8 Å². The second kappa shape index (κ2) is 8.39. The highest BCUT2D eigenvalue weighted by atomic mass is 35.5. The number of furan rings is 1. The summed E-state index contributed by atoms with van der Waals surface area (Å²) in [5.74, 6) is -1.22. The molecule has 1 aliphatic rings. The van der Waals surface area contributed by atoms with Crippen molar-refractivity contribution in [2.24, 2.45) is 0 Å². The van der Waals surface area contributed by atoms with E-state index in [2.05, 4.69) is 0 Å². The summed E-state index contributed by atoms with van der Waals surface area (Å²) in [7, 11) is 1.55. The lowest BCUT2D eigenvalue weighted by molar-refractivity contribution is -0.117. The zero-order valence-electron chi connectivity index (χ0n) is 18.4. The van der Waals surface area contributed by atoms with Gasteiger partial charge in [0.05, 0.1) is 18.7 Å². The smallest absolute Gasteiger partial charge is 0.294 e. The van der Waals surface area contributed by atoms with Crippen molar-refractivity contribution in [3.8, 4) is 5.75 Å². The Kier molecular flexibility index (Phi) is 5.38. The van der Waals surface area contributed by atoms with Crippen LogP contribution >= 0.6 is 11.6 Å². The fraction of sp³-hybridized carbons (Fsp3) is 0.111. The molecule has 170 valence electrons. The number of carbonyl (C=O) groups is 2. The number of halogens is 1. The Labute approximate surface area is 200 Å². The van der Waals surface area contributed by atoms with E-state index >= 15 is 0 Å². The first-order valence-corrected chi connectivity index (χ1v) is 11.0. The molecule has 1 aliphatic heterocycles. The lowest BCUT2D eigenvalue weighted by Crippen LogP contribution is -2.31. The Morgan fingerprint density at radius 3 is 2.47 bits per heavy atom. The predicted molar refractivity (Wildman–Crippen MR) is 130 cm³/mol. The maximum atomic E-state index is 13.6. The minimum absolute atomic E-state index is 0.0397. The summed E-state index contributed by atoms with van der Waals surface area (Å²) in [5, 5.41) is 12.1. The standard InChI is InChI=1S/C27H20ClNO5/c1-15-7-10-18(14-20(15)28)29-24(16-8-11-19(33-2)12-9-16)23(26(31)27(29)32)25(30)22-13-17-5-3-4-6-21(17)34-22/h3-14,24,31H,1-2H3. The molecule has 0 fully saturated rings. The van der Waals surface area contributed by atoms with E-state index in [1.807, 2.05) is 19.1 Å². The highest BCUT2D eigenvalue weighted by Gasteiger charge is 2.45. The number of hydrogen-bond acceptors (Lipinski definition) is 5. The number of anilines is 1. The number of fused-ring (bicyclic) bond motifs is 1. The summed E-state index contributed by atoms with van der Waals surface area (Å²) >= 11 is 6.34. The van der Waals surface area contributed by atoms with Gasteiger partial charge in [0.25, 0.3) is 5.91 Å². The molecule has 0 saturated heterocycles. The maximum Gasteiger partial charge on any atom is 0.294 e. The minimum Gasteiger partial charge on any atom is -0.503 e. The van der Waals surface area contributed by atoms with Gasteiger partial charge in [-0.2, -0.15) is 0 Å². The van der Waals surface area contributed by atoms with Crippen LogP contribution in [0.5, 0.6) is 5.75 Å². The van der Waals surface area contributed by atoms with Crippen LogP contribution in [0.2, 0.25) is 5.02 Å². The topological polar surface area (TPSA) is 80.0 Å². The Hall–Kier alpha value is -4.03. The van der Waals surface area contributed by atoms with Crippen molar-refractivity contribution < 1.29 is 23.8 Å². The molecule has 1 unspecified atom stereocenters. The van der Waals surface area contributed by atoms with Crippen molar-refractivity contribution in [3.63, 3.8) is 0 Å². The lowest BCUT2D eigenvalue weighted by Gasteiger charge is -2.27. The summed E-state index contributed by atoms with van der Waals surface area (Å²) in [4.78, 5) is 28.3. The summed E-state index contributed by atoms with van der Waals surface area (Å²) in [6, 6.07) is 20.1. The number of ketones is 1. The third-order valence-corrected chi connectivity index (χ3v) is 6.37. The fourth-order valence-electron chi connectivity index (χ4n) is 4.16. The van der Waals surface area contributed by atoms with Crippen LogP contribution < -0.4 is 9.64 Å². The number of aliphatic hydroxyl groups excluding tert-OH is 1. The third kappa shape index (κ3) is 3.53. The molecule has 0 spiro atoms. The highest BCUT2D eigenvalue weighted by molar-refractivity contribution is 6.31. The van der Waals surface area contributed by atoms with Crippen molar-refractivity contribution in [2.45, 2.75) is 13.0 Å². The Bertz CT molecular complexity index is 1440. The van der Waals surface area contributed by atoms with Crippen LogP contribution in [0.4, 0.5) is 5.69 Å². The quantitative estimate of drug-likeness (QED) is 0.350. The number of methoxy groups -OCH3 is 1. The Balaban J connectivity index is 1.66. The molecule has 0 aliphatic carbocycles. The van der Waals surface area contributed by atoms with Crippen molar-refractivity contribution in [2.75, 3.05) is 12.0 Å². The molecule has 1 N–H and O–H groups in total. The van der Waals surface area contributed by atoms with Gasteiger partial charge in [0.1, 0.15) is 11.3 Å². The first-order chi connectivity index (χ1) is 16.4. The number of Topliss-reactive ketones (excluding diaryl/α,β-unsaturated/α-hetero) is 1. The van der Waals surface area contributed by atoms with Gasteiger partial charge in [0.2, 0.25) is 5.78 Å². The first kappa shape index (κ1) is 21.8. The summed E-state index contributed by atoms with van der Waals surface area (Å²) in [6.07, 6.45) is 0. The minimum atomic E-state index is -0.891. The van der Waals surface area contributed by atoms with Crippen molar-refractivity contribution in [1.29, 1.82) is 0 Å². The predicted octanol–water partition coefficient (Wildman–Crippen LogP) is 6.19. The molecule has 7 heteroatoms. The molecule has 0 radical (unpaired) electrons. The van der Waals surface area contributed by atoms with Crippen LogP contribution in [-0.2, 0) is 4.79 Å². The molecule has 5 rings (SSSR count). The van der Waals surface area contributed by atoms with E-state index in [1.165, 1.54) is 4.90 Å². The van der Waals surface area contributed by atoms with Gasteiger partial charge < -0.3 is 14.3 Å². The lowest BCUT2D eigenvalue weighted by atomic mass is 9.94. The van der Waals surface area contributed by atoms with Crippen LogP contribution in [0.3, 0.4) is 0 Å². The van der Waals surface area contributed by atoms with Crippen LogP contribution in [-0.4, -0.2) is 23.9 Å². The molecule has 6 nitrogen and oxygen atoms in total. The number of para-hydroxylation sites is 1. The number of nitrogens with zero attached hydrogens (tertiary/aromatic N) is 1. The monoisotopic (exact) mass is 473 g/mol. The zero-order valence-corrected chi connectivity index (χ0v) is 19.2. The molecule has 1 aromatic heterocycles. The SMILES string of the molecule is COc1ccc(C2C(C(=O)c3cc4ccccc4o3)=C(O)C(=O)N2c2ccc(C)c(Cl)c2)cc1. The molecule has 2 heterocycles. The average molecular weight is 474 g/mol. The molecule has 34 heavy (non-hydrogen) atoms. The van der Waals surface area contributed by atoms with Crippen LogP contribution in [0.25, 0.3) is 11.0 Å². The maximum absolute atomic E-state index is 13.6. The molecule has 0 saturated carbocycles. The van der Waals surface area contributed by atoms with Gasteiger partial charge in [-0.3, -0.25) is 14.5 Å². The molecule has 4 aromatic rings. The average Bonchev–Trinajstić information content (AvgIpc) is 3.40. The molecule has 1 atom stereocenters. The largest absolute Gasteiger partial charge is 0.503 e. The van der Waals surface area contributed by atoms with E-state index in [0.717, 1.165) is 10.9 Å². The van der Waals surface area contributed by atoms with Gasteiger partial charge in [-0.15, -0.1) is 0 Å². The van der Waals surface area contributed by atoms with E-state index in [9.17, 15) is 14.7 Å². The summed E-state index contributed by atoms with van der Waals surface area (Å²) < 4.78 is 11.0. The number of rotatable bonds is 5. The molecular formula is C27H20ClNO5. The summed E-state index contributed by atoms with van der Waals surface area (Å²) in [5.41, 5.74) is 2.40. The second-order valence-electron chi connectivity index (χ2n) is 8.02. The number of ether oxygens (including phenoxy) is 1. The van der Waals surface area contributed by atoms with E-state index in [0.29, 0.717) is 27.6 Å². The van der Waals surface area contributed by atoms with Gasteiger partial charge in [-0.1, -0.05) is 48.0 Å². The zero-order chi connectivity index (χ0) is 24.0. The van der Waals surface area contributed by atoms with E-state index < -0.39 is 23.5 Å². The van der Waals surface area contributed by atoms with Gasteiger partial charge in [-0.05, 0) is 54.4 Å². The number of carbonyl (C=O) groups excluding carboxylic acids is 2. The van der Waals surface area contributed by atoms with Crippen molar-refractivity contribution in [1.82, 2.24) is 0 Å². The molecule has 0 bridgehead atoms. The summed E-state index contributed by atoms with van der Waals surface area (Å²) in [6.45, 7) is 1.85. The van der Waals surface area contributed by atoms with Gasteiger partial charge in [-0.25, -0.2) is 0 Å². The van der Waals surface area contributed by atoms with Gasteiger partial charge in [0, 0.05) is 16.1 Å². The number of amides is 1. The van der Waals surface area contributed by atoms with Gasteiger partial charge in [0.15, 0.2) is 11.5 Å². The highest BCUT2D eigenvalue weighted by Crippen LogP contribution is 2.43. The van der Waals surface area contributed by atoms with Crippen LogP contribution in [0.15, 0.2) is 88.5 Å². The van der Waals surface area contributed by atoms with Crippen molar-refractivity contribution in [3.05, 3.63) is 106 Å². The Morgan fingerprint density at radius 2 is 1.79 bits per heavy atom. The van der Waals surface area contributed by atoms with Crippen LogP contribution in [0, 0.1) is 6.92 Å². The number of aryl methyl sites for hydroxylation is 1. The first-order valence-electron chi connectivity index (χ1n) is 10.6. The normalized spacial score (nSPS) is 15.9. The number of aliphatic hydroxyl groups is 1. The van der Waals surface area contributed by atoms with E-state index in [1.54, 1.807) is 67.8 Å². The van der Waals surface area contributed by atoms with Crippen LogP contribution in [0.1, 0.15) is 27.7 Å².